The molecule has 0 bridgehead atoms. The Balaban J connectivity index is 1.39. The Morgan fingerprint density at radius 3 is 2.19 bits per heavy atom. The molecule has 0 unspecified atom stereocenters. The number of hydrogen-bond donors (Lipinski definition) is 0. The van der Waals surface area contributed by atoms with E-state index < -0.39 is 0 Å². The molecule has 8 heteroatoms. The number of halogens is 1. The molecule has 1 aliphatic rings. The maximum atomic E-state index is 13.7. The fraction of sp³-hybridized carbons (Fsp3) is 0.321. The minimum absolute atomic E-state index is 0.199. The number of rotatable bonds is 8. The highest BCUT2D eigenvalue weighted by molar-refractivity contribution is 5.76. The lowest BCUT2D eigenvalue weighted by molar-refractivity contribution is 0.241. The van der Waals surface area contributed by atoms with Gasteiger partial charge in [0.05, 0.1) is 38.9 Å². The number of imidazole rings is 1. The van der Waals surface area contributed by atoms with Crippen LogP contribution in [0.4, 0.5) is 10.1 Å². The Labute approximate surface area is 210 Å². The van der Waals surface area contributed by atoms with E-state index in [1.54, 1.807) is 33.5 Å². The zero-order chi connectivity index (χ0) is 25.1. The van der Waals surface area contributed by atoms with Crippen LogP contribution in [0.15, 0.2) is 60.7 Å². The molecule has 1 aliphatic heterocycles. The number of anilines is 1. The van der Waals surface area contributed by atoms with Crippen molar-refractivity contribution >= 4 is 16.7 Å². The second-order valence-electron chi connectivity index (χ2n) is 8.88. The van der Waals surface area contributed by atoms with Crippen molar-refractivity contribution in [2.75, 3.05) is 52.4 Å². The van der Waals surface area contributed by atoms with Crippen molar-refractivity contribution in [3.63, 3.8) is 0 Å². The lowest BCUT2D eigenvalue weighted by Crippen LogP contribution is -2.46. The minimum atomic E-state index is -0.199. The second-order valence-corrected chi connectivity index (χ2v) is 8.88. The molecule has 1 fully saturated rings. The van der Waals surface area contributed by atoms with Crippen molar-refractivity contribution in [3.8, 4) is 17.2 Å². The van der Waals surface area contributed by atoms with Gasteiger partial charge in [-0.1, -0.05) is 18.2 Å². The van der Waals surface area contributed by atoms with E-state index in [0.29, 0.717) is 23.8 Å². The molecule has 36 heavy (non-hydrogen) atoms. The quantitative estimate of drug-likeness (QED) is 0.361. The number of ether oxygens (including phenoxy) is 3. The smallest absolute Gasteiger partial charge is 0.203 e. The molecular weight excluding hydrogens is 459 g/mol. The van der Waals surface area contributed by atoms with E-state index in [1.807, 2.05) is 36.4 Å². The lowest BCUT2D eigenvalue weighted by Gasteiger charge is -2.36. The van der Waals surface area contributed by atoms with Crippen molar-refractivity contribution in [1.82, 2.24) is 14.5 Å². The molecule has 0 aliphatic carbocycles. The largest absolute Gasteiger partial charge is 0.493 e. The van der Waals surface area contributed by atoms with Crippen LogP contribution in [0.1, 0.15) is 11.4 Å². The summed E-state index contributed by atoms with van der Waals surface area (Å²) in [4.78, 5) is 9.62. The van der Waals surface area contributed by atoms with Crippen LogP contribution in [0.3, 0.4) is 0 Å². The summed E-state index contributed by atoms with van der Waals surface area (Å²) in [6, 6.07) is 19.0. The van der Waals surface area contributed by atoms with Crippen LogP contribution in [0, 0.1) is 5.82 Å². The van der Waals surface area contributed by atoms with Crippen LogP contribution in [-0.4, -0.2) is 62.0 Å². The van der Waals surface area contributed by atoms with Crippen LogP contribution >= 0.6 is 0 Å². The van der Waals surface area contributed by atoms with Crippen LogP contribution in [-0.2, 0) is 13.1 Å². The Morgan fingerprint density at radius 2 is 1.53 bits per heavy atom. The summed E-state index contributed by atoms with van der Waals surface area (Å²) in [7, 11) is 4.86. The molecule has 1 saturated heterocycles. The molecule has 3 aromatic carbocycles. The van der Waals surface area contributed by atoms with E-state index in [-0.39, 0.29) is 5.82 Å². The lowest BCUT2D eigenvalue weighted by atomic mass is 10.1. The van der Waals surface area contributed by atoms with Crippen LogP contribution in [0.25, 0.3) is 11.0 Å². The molecular formula is C28H31FN4O3. The fourth-order valence-corrected chi connectivity index (χ4v) is 4.87. The van der Waals surface area contributed by atoms with Crippen LogP contribution < -0.4 is 19.1 Å². The first-order valence-corrected chi connectivity index (χ1v) is 12.1. The van der Waals surface area contributed by atoms with Crippen molar-refractivity contribution in [1.29, 1.82) is 0 Å². The number of aromatic nitrogens is 2. The predicted molar refractivity (Wildman–Crippen MR) is 139 cm³/mol. The van der Waals surface area contributed by atoms with Crippen molar-refractivity contribution < 1.29 is 18.6 Å². The van der Waals surface area contributed by atoms with Crippen LogP contribution in [0.5, 0.6) is 17.2 Å². The third-order valence-electron chi connectivity index (χ3n) is 6.71. The third-order valence-corrected chi connectivity index (χ3v) is 6.71. The molecule has 0 radical (unpaired) electrons. The van der Waals surface area contributed by atoms with E-state index in [2.05, 4.69) is 20.4 Å². The van der Waals surface area contributed by atoms with Crippen molar-refractivity contribution in [2.45, 2.75) is 13.1 Å². The van der Waals surface area contributed by atoms with Gasteiger partial charge in [0.25, 0.3) is 0 Å². The van der Waals surface area contributed by atoms with Gasteiger partial charge in [0.15, 0.2) is 11.5 Å². The Hall–Kier alpha value is -3.78. The summed E-state index contributed by atoms with van der Waals surface area (Å²) >= 11 is 0. The maximum Gasteiger partial charge on any atom is 0.203 e. The summed E-state index contributed by atoms with van der Waals surface area (Å²) < 4.78 is 32.6. The molecule has 0 spiro atoms. The zero-order valence-corrected chi connectivity index (χ0v) is 20.9. The van der Waals surface area contributed by atoms with Gasteiger partial charge in [0.2, 0.25) is 5.75 Å². The first-order valence-electron chi connectivity index (χ1n) is 12.1. The fourth-order valence-electron chi connectivity index (χ4n) is 4.87. The topological polar surface area (TPSA) is 52.0 Å². The van der Waals surface area contributed by atoms with Gasteiger partial charge in [-0.05, 0) is 48.0 Å². The highest BCUT2D eigenvalue weighted by atomic mass is 19.1. The summed E-state index contributed by atoms with van der Waals surface area (Å²) in [6.07, 6.45) is 0. The average Bonchev–Trinajstić information content (AvgIpc) is 3.25. The number of para-hydroxylation sites is 2. The van der Waals surface area contributed by atoms with Gasteiger partial charge in [-0.25, -0.2) is 9.37 Å². The molecule has 4 aromatic rings. The van der Waals surface area contributed by atoms with Gasteiger partial charge in [-0.15, -0.1) is 0 Å². The number of piperazine rings is 1. The maximum absolute atomic E-state index is 13.7. The summed E-state index contributed by atoms with van der Waals surface area (Å²) in [5.41, 5.74) is 4.02. The predicted octanol–water partition coefficient (Wildman–Crippen LogP) is 4.57. The van der Waals surface area contributed by atoms with E-state index in [4.69, 9.17) is 19.2 Å². The SMILES string of the molecule is COc1cc(Cn2c(CN3CCN(c4cccc(F)c4)CC3)nc3ccccc32)cc(OC)c1OC. The first kappa shape index (κ1) is 23.9. The second kappa shape index (κ2) is 10.5. The highest BCUT2D eigenvalue weighted by Crippen LogP contribution is 2.38. The van der Waals surface area contributed by atoms with Gasteiger partial charge in [0, 0.05) is 38.4 Å². The molecule has 0 saturated carbocycles. The number of benzene rings is 3. The molecule has 7 nitrogen and oxygen atoms in total. The summed E-state index contributed by atoms with van der Waals surface area (Å²) in [6.45, 7) is 4.80. The monoisotopic (exact) mass is 490 g/mol. The van der Waals surface area contributed by atoms with Crippen LogP contribution in [0.2, 0.25) is 0 Å². The normalized spacial score (nSPS) is 14.3. The zero-order valence-electron chi connectivity index (χ0n) is 20.9. The van der Waals surface area contributed by atoms with Gasteiger partial charge in [0.1, 0.15) is 11.6 Å². The standard InChI is InChI=1S/C28H31FN4O3/c1-34-25-15-20(16-26(35-2)28(25)36-3)18-33-24-10-5-4-9-23(24)30-27(33)19-31-11-13-32(14-12-31)22-8-6-7-21(29)17-22/h4-10,15-17H,11-14,18-19H2,1-3H3. The van der Waals surface area contributed by atoms with E-state index in [1.165, 1.54) is 6.07 Å². The Kier molecular flexibility index (Phi) is 6.95. The van der Waals surface area contributed by atoms with Gasteiger partial charge < -0.3 is 23.7 Å². The van der Waals surface area contributed by atoms with Crippen molar-refractivity contribution in [3.05, 3.63) is 77.9 Å². The molecule has 1 aromatic heterocycles. The van der Waals surface area contributed by atoms with Gasteiger partial charge >= 0.3 is 0 Å². The first-order chi connectivity index (χ1) is 17.6. The Morgan fingerprint density at radius 1 is 0.806 bits per heavy atom. The highest BCUT2D eigenvalue weighted by Gasteiger charge is 2.21. The summed E-state index contributed by atoms with van der Waals surface area (Å²) in [5.74, 6) is 2.65. The number of fused-ring (bicyclic) bond motifs is 1. The van der Waals surface area contributed by atoms with Gasteiger partial charge in [-0.2, -0.15) is 0 Å². The van der Waals surface area contributed by atoms with E-state index >= 15 is 0 Å². The molecule has 0 N–H and O–H groups in total. The van der Waals surface area contributed by atoms with Gasteiger partial charge in [-0.3, -0.25) is 4.90 Å². The number of methoxy groups -OCH3 is 3. The molecule has 0 amide bonds. The average molecular weight is 491 g/mol. The number of nitrogens with zero attached hydrogens (tertiary/aromatic N) is 4. The van der Waals surface area contributed by atoms with E-state index in [9.17, 15) is 4.39 Å². The molecule has 188 valence electrons. The molecule has 5 rings (SSSR count). The number of hydrogen-bond acceptors (Lipinski definition) is 6. The van der Waals surface area contributed by atoms with E-state index in [0.717, 1.165) is 60.8 Å². The Bertz CT molecular complexity index is 1320. The molecule has 0 atom stereocenters. The van der Waals surface area contributed by atoms with Crippen molar-refractivity contribution in [2.24, 2.45) is 0 Å². The molecule has 2 heterocycles. The third kappa shape index (κ3) is 4.81. The minimum Gasteiger partial charge on any atom is -0.493 e. The summed E-state index contributed by atoms with van der Waals surface area (Å²) in [5, 5.41) is 0.